The van der Waals surface area contributed by atoms with Gasteiger partial charge in [-0.1, -0.05) is 12.2 Å². The summed E-state index contributed by atoms with van der Waals surface area (Å²) in [5.74, 6) is -1.12. The summed E-state index contributed by atoms with van der Waals surface area (Å²) in [6, 6.07) is 0. The number of carboxylic acid groups (broad SMARTS) is 1. The van der Waals surface area contributed by atoms with E-state index in [1.165, 1.54) is 12.8 Å². The Morgan fingerprint density at radius 3 is 2.55 bits per heavy atom. The van der Waals surface area contributed by atoms with Gasteiger partial charge in [-0.25, -0.2) is 0 Å². The molecule has 0 spiro atoms. The summed E-state index contributed by atoms with van der Waals surface area (Å²) in [6.45, 7) is 1.76. The van der Waals surface area contributed by atoms with E-state index in [2.05, 4.69) is 5.32 Å². The summed E-state index contributed by atoms with van der Waals surface area (Å²) in [6.07, 6.45) is 7.26. The van der Waals surface area contributed by atoms with Crippen LogP contribution in [0.5, 0.6) is 0 Å². The number of carbonyl (C=O) groups excluding carboxylic acids is 1. The topological polar surface area (TPSA) is 75.6 Å². The molecule has 0 saturated heterocycles. The predicted octanol–water partition coefficient (Wildman–Crippen LogP) is 1.05. The molecule has 2 fully saturated rings. The lowest BCUT2D eigenvalue weighted by Crippen LogP contribution is -2.41. The van der Waals surface area contributed by atoms with Gasteiger partial charge in [0, 0.05) is 13.2 Å². The van der Waals surface area contributed by atoms with Crippen LogP contribution in [-0.2, 0) is 14.3 Å². The number of nitrogens with one attached hydrogen (secondary N) is 1. The highest BCUT2D eigenvalue weighted by atomic mass is 16.5. The zero-order chi connectivity index (χ0) is 14.1. The van der Waals surface area contributed by atoms with Crippen LogP contribution in [0.4, 0.5) is 0 Å². The second-order valence-electron chi connectivity index (χ2n) is 6.15. The summed E-state index contributed by atoms with van der Waals surface area (Å²) in [5, 5.41) is 12.1. The Balaban J connectivity index is 1.46. The first kappa shape index (κ1) is 13.6. The van der Waals surface area contributed by atoms with Crippen LogP contribution in [0, 0.1) is 29.6 Å². The predicted molar refractivity (Wildman–Crippen MR) is 71.9 cm³/mol. The van der Waals surface area contributed by atoms with Crippen molar-refractivity contribution in [2.75, 3.05) is 19.8 Å². The number of rotatable bonds is 7. The number of ether oxygens (including phenoxy) is 1. The molecule has 3 aliphatic carbocycles. The van der Waals surface area contributed by atoms with Gasteiger partial charge < -0.3 is 15.2 Å². The fraction of sp³-hybridized carbons (Fsp3) is 0.733. The number of amides is 1. The molecule has 3 rings (SSSR count). The third kappa shape index (κ3) is 2.73. The van der Waals surface area contributed by atoms with Gasteiger partial charge in [0.05, 0.1) is 18.4 Å². The summed E-state index contributed by atoms with van der Waals surface area (Å²) < 4.78 is 5.46. The van der Waals surface area contributed by atoms with Crippen molar-refractivity contribution in [3.05, 3.63) is 12.2 Å². The molecule has 20 heavy (non-hydrogen) atoms. The van der Waals surface area contributed by atoms with E-state index >= 15 is 0 Å². The molecule has 0 aliphatic heterocycles. The highest BCUT2D eigenvalue weighted by molar-refractivity contribution is 5.86. The molecule has 1 amide bonds. The van der Waals surface area contributed by atoms with E-state index in [0.29, 0.717) is 13.2 Å². The molecule has 0 heterocycles. The van der Waals surface area contributed by atoms with E-state index in [9.17, 15) is 14.7 Å². The zero-order valence-corrected chi connectivity index (χ0v) is 11.5. The van der Waals surface area contributed by atoms with Crippen molar-refractivity contribution in [2.24, 2.45) is 29.6 Å². The minimum atomic E-state index is -0.855. The molecule has 4 atom stereocenters. The van der Waals surface area contributed by atoms with Gasteiger partial charge in [-0.15, -0.1) is 0 Å². The van der Waals surface area contributed by atoms with Crippen LogP contribution in [0.3, 0.4) is 0 Å². The maximum absolute atomic E-state index is 12.2. The number of hydrogen-bond acceptors (Lipinski definition) is 3. The fourth-order valence-corrected chi connectivity index (χ4v) is 3.42. The molecule has 0 aromatic carbocycles. The minimum Gasteiger partial charge on any atom is -0.481 e. The Bertz CT molecular complexity index is 430. The average Bonchev–Trinajstić information content (AvgIpc) is 3.01. The van der Waals surface area contributed by atoms with Crippen molar-refractivity contribution < 1.29 is 19.4 Å². The van der Waals surface area contributed by atoms with Crippen LogP contribution in [0.25, 0.3) is 0 Å². The maximum atomic E-state index is 12.2. The molecule has 3 aliphatic rings. The molecule has 5 nitrogen and oxygen atoms in total. The van der Waals surface area contributed by atoms with Crippen molar-refractivity contribution in [1.82, 2.24) is 5.32 Å². The van der Waals surface area contributed by atoms with Crippen LogP contribution in [0.15, 0.2) is 12.2 Å². The zero-order valence-electron chi connectivity index (χ0n) is 11.5. The first-order valence-corrected chi connectivity index (χ1v) is 7.43. The Labute approximate surface area is 118 Å². The Morgan fingerprint density at radius 2 is 1.90 bits per heavy atom. The minimum absolute atomic E-state index is 0.0272. The van der Waals surface area contributed by atoms with Gasteiger partial charge >= 0.3 is 5.97 Å². The second kappa shape index (κ2) is 5.56. The van der Waals surface area contributed by atoms with E-state index in [1.54, 1.807) is 0 Å². The Morgan fingerprint density at radius 1 is 1.20 bits per heavy atom. The summed E-state index contributed by atoms with van der Waals surface area (Å²) in [5.41, 5.74) is 0. The van der Waals surface area contributed by atoms with Crippen molar-refractivity contribution in [3.63, 3.8) is 0 Å². The van der Waals surface area contributed by atoms with Gasteiger partial charge in [-0.2, -0.15) is 0 Å². The largest absolute Gasteiger partial charge is 0.481 e. The number of aliphatic carboxylic acids is 1. The van der Waals surface area contributed by atoms with Crippen molar-refractivity contribution in [3.8, 4) is 0 Å². The highest BCUT2D eigenvalue weighted by Crippen LogP contribution is 2.48. The third-order valence-corrected chi connectivity index (χ3v) is 4.64. The van der Waals surface area contributed by atoms with Gasteiger partial charge in [-0.3, -0.25) is 9.59 Å². The number of carboxylic acids is 1. The Hall–Kier alpha value is -1.36. The van der Waals surface area contributed by atoms with Crippen LogP contribution in [0.1, 0.15) is 19.3 Å². The lowest BCUT2D eigenvalue weighted by Gasteiger charge is -2.23. The molecule has 0 aromatic rings. The van der Waals surface area contributed by atoms with Crippen molar-refractivity contribution in [2.45, 2.75) is 19.3 Å². The normalized spacial score (nSPS) is 34.4. The molecule has 2 bridgehead atoms. The highest BCUT2D eigenvalue weighted by Gasteiger charge is 2.51. The first-order chi connectivity index (χ1) is 9.66. The third-order valence-electron chi connectivity index (χ3n) is 4.64. The standard InChI is InChI=1S/C15H21NO4/c17-14(16-5-6-20-8-9-1-2-9)12-10-3-4-11(7-10)13(12)15(18)19/h3-4,9-13H,1-2,5-8H2,(H,16,17)(H,18,19)/t10?,11?,12-,13+/m0/s1. The number of hydrogen-bond donors (Lipinski definition) is 2. The SMILES string of the molecule is O=C(O)[C@@H]1C2C=CC(C2)[C@@H]1C(=O)NCCOCC1CC1. The van der Waals surface area contributed by atoms with E-state index in [-0.39, 0.29) is 17.7 Å². The molecule has 2 N–H and O–H groups in total. The number of fused-ring (bicyclic) bond motifs is 2. The van der Waals surface area contributed by atoms with Crippen LogP contribution in [-0.4, -0.2) is 36.7 Å². The molecule has 5 heteroatoms. The van der Waals surface area contributed by atoms with E-state index < -0.39 is 17.8 Å². The average molecular weight is 279 g/mol. The summed E-state index contributed by atoms with van der Waals surface area (Å²) in [7, 11) is 0. The first-order valence-electron chi connectivity index (χ1n) is 7.43. The molecule has 0 aromatic heterocycles. The quantitative estimate of drug-likeness (QED) is 0.539. The number of allylic oxidation sites excluding steroid dienone is 2. The number of carbonyl (C=O) groups is 2. The van der Waals surface area contributed by atoms with E-state index in [4.69, 9.17) is 4.74 Å². The van der Waals surface area contributed by atoms with E-state index in [1.807, 2.05) is 12.2 Å². The molecule has 2 saturated carbocycles. The van der Waals surface area contributed by atoms with Gasteiger partial charge in [0.1, 0.15) is 0 Å². The van der Waals surface area contributed by atoms with Gasteiger partial charge in [-0.05, 0) is 37.0 Å². The van der Waals surface area contributed by atoms with Gasteiger partial charge in [0.15, 0.2) is 0 Å². The van der Waals surface area contributed by atoms with Crippen molar-refractivity contribution in [1.29, 1.82) is 0 Å². The summed E-state index contributed by atoms with van der Waals surface area (Å²) in [4.78, 5) is 23.5. The van der Waals surface area contributed by atoms with Crippen LogP contribution >= 0.6 is 0 Å². The maximum Gasteiger partial charge on any atom is 0.307 e. The lowest BCUT2D eigenvalue weighted by molar-refractivity contribution is -0.147. The van der Waals surface area contributed by atoms with Crippen LogP contribution in [0.2, 0.25) is 0 Å². The fourth-order valence-electron chi connectivity index (χ4n) is 3.42. The molecule has 2 unspecified atom stereocenters. The second-order valence-corrected chi connectivity index (χ2v) is 6.15. The van der Waals surface area contributed by atoms with Crippen LogP contribution < -0.4 is 5.32 Å². The van der Waals surface area contributed by atoms with Gasteiger partial charge in [0.2, 0.25) is 5.91 Å². The molecular formula is C15H21NO4. The summed E-state index contributed by atoms with van der Waals surface area (Å²) >= 11 is 0. The van der Waals surface area contributed by atoms with E-state index in [0.717, 1.165) is 18.9 Å². The lowest BCUT2D eigenvalue weighted by atomic mass is 9.82. The molecular weight excluding hydrogens is 258 g/mol. The molecule has 110 valence electrons. The smallest absolute Gasteiger partial charge is 0.307 e. The molecule has 0 radical (unpaired) electrons. The van der Waals surface area contributed by atoms with Gasteiger partial charge in [0.25, 0.3) is 0 Å². The Kier molecular flexibility index (Phi) is 3.78. The van der Waals surface area contributed by atoms with Crippen molar-refractivity contribution >= 4 is 11.9 Å². The monoisotopic (exact) mass is 279 g/mol.